The summed E-state index contributed by atoms with van der Waals surface area (Å²) in [6, 6.07) is 0. The Hall–Kier alpha value is 1.03. The first-order chi connectivity index (χ1) is 14.9. The van der Waals surface area contributed by atoms with E-state index in [1.807, 2.05) is 64.2 Å². The summed E-state index contributed by atoms with van der Waals surface area (Å²) in [5.41, 5.74) is 2.30. The second-order valence-electron chi connectivity index (χ2n) is 7.11. The van der Waals surface area contributed by atoms with Gasteiger partial charge in [0.25, 0.3) is 0 Å². The van der Waals surface area contributed by atoms with E-state index in [1.165, 1.54) is 47.1 Å². The second-order valence-corrected chi connectivity index (χ2v) is 9.08. The topological polar surface area (TPSA) is 39.8 Å². The van der Waals surface area contributed by atoms with E-state index in [9.17, 15) is 0 Å². The van der Waals surface area contributed by atoms with Gasteiger partial charge in [0.15, 0.2) is 0 Å². The summed E-state index contributed by atoms with van der Waals surface area (Å²) in [6.45, 7) is 14.0. The molecule has 5 heteroatoms. The third kappa shape index (κ3) is 29.1. The minimum atomic E-state index is 0. The van der Waals surface area contributed by atoms with Crippen molar-refractivity contribution in [2.45, 2.75) is 82.4 Å². The number of hydrogen-bond acceptors (Lipinski definition) is 0. The van der Waals surface area contributed by atoms with Gasteiger partial charge in [0.05, 0.1) is 0 Å². The summed E-state index contributed by atoms with van der Waals surface area (Å²) in [6.07, 6.45) is 37.9. The first-order valence-electron chi connectivity index (χ1n) is 10.8. The maximum atomic E-state index is 7.50. The van der Waals surface area contributed by atoms with Gasteiger partial charge in [-0.2, -0.15) is 6.92 Å². The maximum Gasteiger partial charge on any atom is 2.00 e. The third-order valence-corrected chi connectivity index (χ3v) is 6.89. The van der Waals surface area contributed by atoms with Crippen LogP contribution in [0.15, 0.2) is 6.58 Å². The second kappa shape index (κ2) is 36.6. The quantitative estimate of drug-likeness (QED) is 0.135. The molecule has 0 spiro atoms. The van der Waals surface area contributed by atoms with Gasteiger partial charge in [-0.15, -0.1) is 8.58 Å². The van der Waals surface area contributed by atoms with Gasteiger partial charge in [0.1, 0.15) is 0 Å². The fourth-order valence-corrected chi connectivity index (χ4v) is 5.66. The largest absolute Gasteiger partial charge is 2.00 e. The molecule has 32 heavy (non-hydrogen) atoms. The summed E-state index contributed by atoms with van der Waals surface area (Å²) in [5, 5.41) is 0. The van der Waals surface area contributed by atoms with Gasteiger partial charge in [-0.1, -0.05) is 38.5 Å². The Kier molecular flexibility index (Phi) is 46.0. The number of rotatable bonds is 2. The smallest absolute Gasteiger partial charge is 0.0312 e. The molecule has 0 aromatic carbocycles. The van der Waals surface area contributed by atoms with Crippen molar-refractivity contribution in [2.75, 3.05) is 0 Å². The predicted molar refractivity (Wildman–Crippen MR) is 127 cm³/mol. The molecule has 0 bridgehead atoms. The van der Waals surface area contributed by atoms with Crippen LogP contribution in [0, 0.1) is 83.6 Å². The summed E-state index contributed by atoms with van der Waals surface area (Å²) in [7, 11) is 1.33. The van der Waals surface area contributed by atoms with Crippen LogP contribution >= 0.6 is 8.58 Å². The zero-order valence-corrected chi connectivity index (χ0v) is 24.4. The molecule has 0 aliphatic heterocycles. The summed E-state index contributed by atoms with van der Waals surface area (Å²) >= 11 is 0. The van der Waals surface area contributed by atoms with E-state index in [0.717, 1.165) is 11.3 Å². The predicted octanol–water partition coefficient (Wildman–Crippen LogP) is 7.29. The van der Waals surface area contributed by atoms with Gasteiger partial charge in [-0.25, -0.2) is 0 Å². The fourth-order valence-electron chi connectivity index (χ4n) is 3.51. The molecule has 174 valence electrons. The van der Waals surface area contributed by atoms with Crippen LogP contribution in [-0.2, 0) is 51.4 Å². The molecule has 4 aliphatic carbocycles. The van der Waals surface area contributed by atoms with Gasteiger partial charge >= 0.3 is 43.7 Å². The van der Waals surface area contributed by atoms with E-state index in [4.69, 9.17) is 9.30 Å². The van der Waals surface area contributed by atoms with E-state index >= 15 is 0 Å². The third-order valence-electron chi connectivity index (χ3n) is 4.79. The Balaban J connectivity index is -0.000000174. The van der Waals surface area contributed by atoms with Crippen LogP contribution in [-0.4, -0.2) is 11.3 Å². The van der Waals surface area contributed by atoms with Crippen LogP contribution in [0.25, 0.3) is 0 Å². The molecule has 0 atom stereocenters. The molecule has 0 heterocycles. The van der Waals surface area contributed by atoms with Crippen LogP contribution in [0.5, 0.6) is 0 Å². The molecule has 4 fully saturated rings. The van der Waals surface area contributed by atoms with Crippen molar-refractivity contribution >= 4 is 8.58 Å². The Morgan fingerprint density at radius 3 is 1.00 bits per heavy atom. The van der Waals surface area contributed by atoms with Gasteiger partial charge in [0, 0.05) is 21.1 Å². The van der Waals surface area contributed by atoms with Crippen molar-refractivity contribution in [3.8, 4) is 0 Å². The molecule has 10 radical (unpaired) electrons. The minimum Gasteiger partial charge on any atom is -0.0312 e. The van der Waals surface area contributed by atoms with Crippen molar-refractivity contribution in [3.63, 3.8) is 0 Å². The first kappa shape index (κ1) is 40.2. The normalized spacial score (nSPS) is 19.3. The minimum absolute atomic E-state index is 0. The Morgan fingerprint density at radius 1 is 0.625 bits per heavy atom. The van der Waals surface area contributed by atoms with Crippen LogP contribution < -0.4 is 0 Å². The van der Waals surface area contributed by atoms with Gasteiger partial charge in [-0.3, -0.25) is 6.58 Å². The molecule has 4 aliphatic rings. The monoisotopic (exact) mass is 621 g/mol. The van der Waals surface area contributed by atoms with Crippen molar-refractivity contribution in [1.29, 1.82) is 0 Å². The summed E-state index contributed by atoms with van der Waals surface area (Å²) in [5.74, 6) is 0. The molecular formula is C27H38Mo2O2P+. The maximum absolute atomic E-state index is 7.50. The van der Waals surface area contributed by atoms with E-state index < -0.39 is 0 Å². The Labute approximate surface area is 231 Å². The number of allylic oxidation sites excluding steroid dienone is 1. The standard InChI is InChI=1S/C12H23P.2C5H5.C3H5.2CO.2Mo/c1-3-7-11(8-4-1)13-12-9-5-2-6-10-12;2*1-2-4-5-3-1;1-3-2;2*1-2;;/h11-13H,1-10H2;2*1-5H;1H2,2H3;;;;/q;;;-1;;;;+2. The van der Waals surface area contributed by atoms with E-state index in [2.05, 4.69) is 26.0 Å². The molecule has 0 amide bonds. The van der Waals surface area contributed by atoms with Crippen LogP contribution in [0.3, 0.4) is 0 Å². The van der Waals surface area contributed by atoms with Crippen LogP contribution in [0.1, 0.15) is 71.1 Å². The fraction of sp³-hybridized carbons (Fsp3) is 0.481. The zero-order valence-electron chi connectivity index (χ0n) is 19.3. The molecular weight excluding hydrogens is 579 g/mol. The molecule has 0 aromatic heterocycles. The van der Waals surface area contributed by atoms with Crippen LogP contribution in [0.4, 0.5) is 0 Å². The molecule has 0 saturated heterocycles. The summed E-state index contributed by atoms with van der Waals surface area (Å²) < 4.78 is 15.0. The van der Waals surface area contributed by atoms with E-state index in [1.54, 1.807) is 32.6 Å². The molecule has 0 aromatic rings. The first-order valence-corrected chi connectivity index (χ1v) is 12.0. The van der Waals surface area contributed by atoms with Gasteiger partial charge in [-0.05, 0) is 101 Å². The average Bonchev–Trinajstić information content (AvgIpc) is 3.58. The average molecular weight is 617 g/mol. The van der Waals surface area contributed by atoms with Crippen LogP contribution in [0.2, 0.25) is 0 Å². The van der Waals surface area contributed by atoms with Crippen molar-refractivity contribution in [3.05, 3.63) is 90.2 Å². The van der Waals surface area contributed by atoms with Crippen molar-refractivity contribution in [2.24, 2.45) is 0 Å². The summed E-state index contributed by atoms with van der Waals surface area (Å²) in [4.78, 5) is 0. The molecule has 0 N–H and O–H groups in total. The van der Waals surface area contributed by atoms with Crippen molar-refractivity contribution < 1.29 is 51.4 Å². The van der Waals surface area contributed by atoms with Crippen molar-refractivity contribution in [1.82, 2.24) is 0 Å². The van der Waals surface area contributed by atoms with E-state index in [0.29, 0.717) is 0 Å². The molecule has 0 unspecified atom stereocenters. The van der Waals surface area contributed by atoms with Gasteiger partial charge in [0.2, 0.25) is 0 Å². The molecule has 4 saturated carbocycles. The Bertz CT molecular complexity index is 321. The SMILES string of the molecule is C1CCC(PC2CCCCC2)CC1.C=[C-]C.[C-]#[O+].[C-]#[O+].[CH]1[CH][CH][CH][CH]1.[CH]1[CH][CH][CH][CH]1.[Mo+2].[Mo]. The zero-order chi connectivity index (χ0) is 22.7. The van der Waals surface area contributed by atoms with E-state index in [-0.39, 0.29) is 42.1 Å². The molecule has 2 nitrogen and oxygen atoms in total. The molecule has 4 rings (SSSR count). The van der Waals surface area contributed by atoms with Gasteiger partial charge < -0.3 is 6.08 Å². The number of hydrogen-bond donors (Lipinski definition) is 0. The Morgan fingerprint density at radius 2 is 0.812 bits per heavy atom.